The number of aliphatic hydroxyl groups is 2. The Morgan fingerprint density at radius 3 is 2.47 bits per heavy atom. The maximum atomic E-state index is 11.5. The van der Waals surface area contributed by atoms with Crippen molar-refractivity contribution in [3.8, 4) is 0 Å². The Bertz CT molecular complexity index is 205. The van der Waals surface area contributed by atoms with Gasteiger partial charge in [-0.1, -0.05) is 0 Å². The van der Waals surface area contributed by atoms with Crippen molar-refractivity contribution in [3.05, 3.63) is 0 Å². The molecule has 90 valence electrons. The van der Waals surface area contributed by atoms with Gasteiger partial charge in [0, 0.05) is 19.6 Å². The van der Waals surface area contributed by atoms with E-state index in [1.54, 1.807) is 11.9 Å². The van der Waals surface area contributed by atoms with E-state index in [1.165, 1.54) is 6.92 Å². The normalized spacial score (nSPS) is 15.1. The first-order valence-electron chi connectivity index (χ1n) is 5.10. The molecule has 15 heavy (non-hydrogen) atoms. The predicted octanol–water partition coefficient (Wildman–Crippen LogP) is -0.814. The molecule has 0 rings (SSSR count). The lowest BCUT2D eigenvalue weighted by Crippen LogP contribution is -2.45. The first-order valence-corrected chi connectivity index (χ1v) is 5.10. The Kier molecular flexibility index (Phi) is 5.79. The van der Waals surface area contributed by atoms with Gasteiger partial charge >= 0.3 is 0 Å². The number of rotatable bonds is 6. The summed E-state index contributed by atoms with van der Waals surface area (Å²) in [5.41, 5.74) is -1.17. The molecule has 0 heterocycles. The lowest BCUT2D eigenvalue weighted by atomic mass is 10.1. The van der Waals surface area contributed by atoms with Gasteiger partial charge in [0.25, 0.3) is 0 Å². The lowest BCUT2D eigenvalue weighted by Gasteiger charge is -2.24. The Labute approximate surface area is 91.1 Å². The zero-order valence-electron chi connectivity index (χ0n) is 9.95. The van der Waals surface area contributed by atoms with Crippen LogP contribution >= 0.6 is 0 Å². The number of hydrogen-bond donors (Lipinski definition) is 3. The van der Waals surface area contributed by atoms with Crippen molar-refractivity contribution in [1.82, 2.24) is 10.2 Å². The second-order valence-electron chi connectivity index (χ2n) is 4.36. The summed E-state index contributed by atoms with van der Waals surface area (Å²) >= 11 is 0. The standard InChI is InChI=1S/C10H22N2O3/c1-8(2)12(4)9(14)5-11-6-10(3,15)7-13/h8,11,13,15H,5-7H2,1-4H3. The third kappa shape index (κ3) is 5.71. The number of nitrogens with one attached hydrogen (secondary N) is 1. The van der Waals surface area contributed by atoms with Crippen LogP contribution in [0.1, 0.15) is 20.8 Å². The van der Waals surface area contributed by atoms with Crippen molar-refractivity contribution in [2.75, 3.05) is 26.7 Å². The van der Waals surface area contributed by atoms with Crippen molar-refractivity contribution < 1.29 is 15.0 Å². The molecule has 0 saturated heterocycles. The molecule has 1 amide bonds. The highest BCUT2D eigenvalue weighted by molar-refractivity contribution is 5.78. The number of nitrogens with zero attached hydrogens (tertiary/aromatic N) is 1. The van der Waals surface area contributed by atoms with Gasteiger partial charge in [0.05, 0.1) is 18.8 Å². The molecular weight excluding hydrogens is 196 g/mol. The molecule has 0 aromatic heterocycles. The molecule has 1 unspecified atom stereocenters. The smallest absolute Gasteiger partial charge is 0.236 e. The van der Waals surface area contributed by atoms with Crippen LogP contribution in [0.15, 0.2) is 0 Å². The van der Waals surface area contributed by atoms with Gasteiger partial charge < -0.3 is 20.4 Å². The first kappa shape index (κ1) is 14.3. The second-order valence-corrected chi connectivity index (χ2v) is 4.36. The van der Waals surface area contributed by atoms with E-state index in [9.17, 15) is 9.90 Å². The van der Waals surface area contributed by atoms with E-state index in [0.29, 0.717) is 0 Å². The number of carbonyl (C=O) groups excluding carboxylic acids is 1. The van der Waals surface area contributed by atoms with Gasteiger partial charge in [-0.3, -0.25) is 4.79 Å². The molecule has 0 aliphatic carbocycles. The summed E-state index contributed by atoms with van der Waals surface area (Å²) in [4.78, 5) is 13.1. The molecule has 0 spiro atoms. The number of likely N-dealkylation sites (N-methyl/N-ethyl adjacent to an activating group) is 1. The molecule has 0 aliphatic heterocycles. The molecule has 0 aliphatic rings. The minimum absolute atomic E-state index is 0.0289. The summed E-state index contributed by atoms with van der Waals surface area (Å²) in [6, 6.07) is 0.164. The Morgan fingerprint density at radius 2 is 2.07 bits per heavy atom. The molecule has 0 aromatic carbocycles. The van der Waals surface area contributed by atoms with Crippen LogP contribution in [0.4, 0.5) is 0 Å². The van der Waals surface area contributed by atoms with Crippen LogP contribution < -0.4 is 5.32 Å². The molecule has 1 atom stereocenters. The summed E-state index contributed by atoms with van der Waals surface area (Å²) in [7, 11) is 1.73. The Morgan fingerprint density at radius 1 is 1.53 bits per heavy atom. The molecule has 5 nitrogen and oxygen atoms in total. The molecule has 5 heteroatoms. The van der Waals surface area contributed by atoms with Gasteiger partial charge in [0.1, 0.15) is 0 Å². The quantitative estimate of drug-likeness (QED) is 0.545. The third-order valence-corrected chi connectivity index (χ3v) is 2.29. The van der Waals surface area contributed by atoms with E-state index in [0.717, 1.165) is 0 Å². The van der Waals surface area contributed by atoms with E-state index in [4.69, 9.17) is 5.11 Å². The number of aliphatic hydroxyl groups excluding tert-OH is 1. The topological polar surface area (TPSA) is 72.8 Å². The average molecular weight is 218 g/mol. The number of amides is 1. The fourth-order valence-corrected chi connectivity index (χ4v) is 0.907. The van der Waals surface area contributed by atoms with Crippen LogP contribution in [-0.4, -0.2) is 59.4 Å². The van der Waals surface area contributed by atoms with Crippen LogP contribution in [-0.2, 0) is 4.79 Å². The molecular formula is C10H22N2O3. The largest absolute Gasteiger partial charge is 0.393 e. The maximum Gasteiger partial charge on any atom is 0.236 e. The highest BCUT2D eigenvalue weighted by atomic mass is 16.3. The molecule has 0 bridgehead atoms. The van der Waals surface area contributed by atoms with Crippen LogP contribution in [0, 0.1) is 0 Å². The van der Waals surface area contributed by atoms with Gasteiger partial charge in [-0.15, -0.1) is 0 Å². The zero-order valence-corrected chi connectivity index (χ0v) is 9.95. The van der Waals surface area contributed by atoms with Gasteiger partial charge in [-0.2, -0.15) is 0 Å². The number of hydrogen-bond acceptors (Lipinski definition) is 4. The minimum Gasteiger partial charge on any atom is -0.393 e. The Balaban J connectivity index is 3.83. The summed E-state index contributed by atoms with van der Waals surface area (Å²) in [5, 5.41) is 21.0. The number of carbonyl (C=O) groups is 1. The van der Waals surface area contributed by atoms with Crippen molar-refractivity contribution in [2.45, 2.75) is 32.4 Å². The second kappa shape index (κ2) is 6.05. The van der Waals surface area contributed by atoms with Crippen molar-refractivity contribution in [1.29, 1.82) is 0 Å². The van der Waals surface area contributed by atoms with Gasteiger partial charge in [-0.25, -0.2) is 0 Å². The van der Waals surface area contributed by atoms with Crippen LogP contribution in [0.5, 0.6) is 0 Å². The van der Waals surface area contributed by atoms with Crippen LogP contribution in [0.25, 0.3) is 0 Å². The Hall–Kier alpha value is -0.650. The average Bonchev–Trinajstić information content (AvgIpc) is 2.16. The lowest BCUT2D eigenvalue weighted by molar-refractivity contribution is -0.130. The summed E-state index contributed by atoms with van der Waals surface area (Å²) in [5.74, 6) is -0.0289. The summed E-state index contributed by atoms with van der Waals surface area (Å²) < 4.78 is 0. The zero-order chi connectivity index (χ0) is 12.1. The first-order chi connectivity index (χ1) is 6.80. The predicted molar refractivity (Wildman–Crippen MR) is 58.5 cm³/mol. The highest BCUT2D eigenvalue weighted by Gasteiger charge is 2.19. The molecule has 0 saturated carbocycles. The van der Waals surface area contributed by atoms with Crippen molar-refractivity contribution in [2.24, 2.45) is 0 Å². The SMILES string of the molecule is CC(C)N(C)C(=O)CNCC(C)(O)CO. The monoisotopic (exact) mass is 218 g/mol. The van der Waals surface area contributed by atoms with Gasteiger partial charge in [0.15, 0.2) is 0 Å². The highest BCUT2D eigenvalue weighted by Crippen LogP contribution is 1.98. The van der Waals surface area contributed by atoms with Gasteiger partial charge in [0.2, 0.25) is 5.91 Å². The molecule has 0 fully saturated rings. The van der Waals surface area contributed by atoms with E-state index < -0.39 is 5.60 Å². The van der Waals surface area contributed by atoms with Gasteiger partial charge in [-0.05, 0) is 20.8 Å². The maximum absolute atomic E-state index is 11.5. The van der Waals surface area contributed by atoms with E-state index in [2.05, 4.69) is 5.32 Å². The summed E-state index contributed by atoms with van der Waals surface area (Å²) in [6.07, 6.45) is 0. The fourth-order valence-electron chi connectivity index (χ4n) is 0.907. The molecule has 3 N–H and O–H groups in total. The van der Waals surface area contributed by atoms with Crippen LogP contribution in [0.2, 0.25) is 0 Å². The van der Waals surface area contributed by atoms with Crippen molar-refractivity contribution >= 4 is 5.91 Å². The summed E-state index contributed by atoms with van der Waals surface area (Å²) in [6.45, 7) is 5.42. The molecule has 0 aromatic rings. The minimum atomic E-state index is -1.17. The third-order valence-electron chi connectivity index (χ3n) is 2.29. The van der Waals surface area contributed by atoms with Crippen molar-refractivity contribution in [3.63, 3.8) is 0 Å². The van der Waals surface area contributed by atoms with E-state index in [-0.39, 0.29) is 31.6 Å². The fraction of sp³-hybridized carbons (Fsp3) is 0.900. The van der Waals surface area contributed by atoms with E-state index in [1.807, 2.05) is 13.8 Å². The van der Waals surface area contributed by atoms with E-state index >= 15 is 0 Å². The molecule has 0 radical (unpaired) electrons. The van der Waals surface area contributed by atoms with Crippen LogP contribution in [0.3, 0.4) is 0 Å².